The van der Waals surface area contributed by atoms with Crippen molar-refractivity contribution in [2.24, 2.45) is 11.8 Å². The van der Waals surface area contributed by atoms with Crippen LogP contribution in [0.2, 0.25) is 0 Å². The maximum atomic E-state index is 2.39. The molecule has 2 unspecified atom stereocenters. The Hall–Kier alpha value is -3.68. The first-order valence-electron chi connectivity index (χ1n) is 14.6. The van der Waals surface area contributed by atoms with E-state index in [0.717, 1.165) is 12.8 Å². The third-order valence-electron chi connectivity index (χ3n) is 8.55. The summed E-state index contributed by atoms with van der Waals surface area (Å²) in [4.78, 5) is 0. The summed E-state index contributed by atoms with van der Waals surface area (Å²) in [5, 5.41) is 2.71. The van der Waals surface area contributed by atoms with E-state index >= 15 is 0 Å². The molecule has 0 radical (unpaired) electrons. The quantitative estimate of drug-likeness (QED) is 0.222. The molecule has 200 valence electrons. The molecule has 0 saturated heterocycles. The zero-order chi connectivity index (χ0) is 27.8. The smallest absolute Gasteiger partial charge is 0.0434 e. The van der Waals surface area contributed by atoms with Crippen LogP contribution in [0.25, 0.3) is 42.4 Å². The Morgan fingerprint density at radius 3 is 2.45 bits per heavy atom. The van der Waals surface area contributed by atoms with Crippen LogP contribution in [0.15, 0.2) is 120 Å². The van der Waals surface area contributed by atoms with Gasteiger partial charge in [-0.3, -0.25) is 0 Å². The average molecular weight is 539 g/mol. The molecule has 2 aliphatic carbocycles. The third kappa shape index (κ3) is 4.67. The molecule has 1 heteroatoms. The van der Waals surface area contributed by atoms with Gasteiger partial charge in [0.1, 0.15) is 0 Å². The van der Waals surface area contributed by atoms with Crippen LogP contribution < -0.4 is 0 Å². The van der Waals surface area contributed by atoms with Gasteiger partial charge in [0, 0.05) is 31.7 Å². The number of hydrogen-bond donors (Lipinski definition) is 0. The second-order valence-electron chi connectivity index (χ2n) is 11.5. The van der Waals surface area contributed by atoms with Gasteiger partial charge in [-0.2, -0.15) is 0 Å². The van der Waals surface area contributed by atoms with E-state index in [4.69, 9.17) is 0 Å². The van der Waals surface area contributed by atoms with Crippen molar-refractivity contribution in [2.45, 2.75) is 47.5 Å². The molecule has 1 aromatic heterocycles. The molecule has 40 heavy (non-hydrogen) atoms. The molecule has 0 fully saturated rings. The van der Waals surface area contributed by atoms with Gasteiger partial charge in [-0.15, -0.1) is 11.3 Å². The van der Waals surface area contributed by atoms with E-state index in [-0.39, 0.29) is 0 Å². The summed E-state index contributed by atoms with van der Waals surface area (Å²) in [6.07, 6.45) is 18.3. The lowest BCUT2D eigenvalue weighted by molar-refractivity contribution is 0.728. The van der Waals surface area contributed by atoms with Gasteiger partial charge in [-0.25, -0.2) is 0 Å². The first-order chi connectivity index (χ1) is 19.5. The van der Waals surface area contributed by atoms with E-state index in [2.05, 4.69) is 138 Å². The zero-order valence-electron chi connectivity index (χ0n) is 24.3. The van der Waals surface area contributed by atoms with Gasteiger partial charge in [-0.05, 0) is 85.9 Å². The van der Waals surface area contributed by atoms with Crippen LogP contribution in [0.5, 0.6) is 0 Å². The third-order valence-corrected chi connectivity index (χ3v) is 9.77. The Kier molecular flexibility index (Phi) is 7.34. The van der Waals surface area contributed by atoms with Crippen molar-refractivity contribution < 1.29 is 0 Å². The summed E-state index contributed by atoms with van der Waals surface area (Å²) in [5.41, 5.74) is 12.6. The lowest BCUT2D eigenvalue weighted by atomic mass is 9.76. The molecular weight excluding hydrogens is 500 g/mol. The van der Waals surface area contributed by atoms with E-state index in [9.17, 15) is 0 Å². The van der Waals surface area contributed by atoms with Crippen molar-refractivity contribution in [3.05, 3.63) is 131 Å². The SMILES string of the molecule is CC=CC(=C(C)C)C1CC=CC(c2cccc(-c3cccc4c3sc3ccccc34)c2C2=CC=CC(C)C2)=C1C. The van der Waals surface area contributed by atoms with Gasteiger partial charge in [0.2, 0.25) is 0 Å². The van der Waals surface area contributed by atoms with Crippen molar-refractivity contribution >= 4 is 42.7 Å². The van der Waals surface area contributed by atoms with Crippen LogP contribution in [0.4, 0.5) is 0 Å². The molecule has 3 aromatic carbocycles. The van der Waals surface area contributed by atoms with Gasteiger partial charge in [0.05, 0.1) is 0 Å². The molecule has 2 aliphatic rings. The predicted octanol–water partition coefficient (Wildman–Crippen LogP) is 12.0. The van der Waals surface area contributed by atoms with Crippen LogP contribution in [-0.2, 0) is 0 Å². The maximum absolute atomic E-state index is 2.39. The van der Waals surface area contributed by atoms with Crippen LogP contribution in [0, 0.1) is 11.8 Å². The van der Waals surface area contributed by atoms with E-state index in [0.29, 0.717) is 11.8 Å². The minimum Gasteiger partial charge on any atom is -0.135 e. The van der Waals surface area contributed by atoms with Crippen LogP contribution >= 0.6 is 11.3 Å². The standard InChI is InChI=1S/C39H38S/c1-6-13-29(25(2)3)30-17-10-18-31(27(30)5)33-19-11-20-34(38(33)28-15-9-14-26(4)24-28)36-22-12-21-35-32-16-7-8-23-37(32)40-39(35)36/h6-16,18-23,26,30H,17,24H2,1-5H3. The fourth-order valence-electron chi connectivity index (χ4n) is 6.63. The second-order valence-corrected chi connectivity index (χ2v) is 12.6. The highest BCUT2D eigenvalue weighted by Gasteiger charge is 2.25. The molecule has 2 atom stereocenters. The van der Waals surface area contributed by atoms with Crippen molar-refractivity contribution in [2.75, 3.05) is 0 Å². The van der Waals surface area contributed by atoms with Gasteiger partial charge in [0.25, 0.3) is 0 Å². The number of allylic oxidation sites excluding steroid dienone is 12. The molecule has 0 nitrogen and oxygen atoms in total. The zero-order valence-corrected chi connectivity index (χ0v) is 25.1. The molecule has 0 aliphatic heterocycles. The first-order valence-corrected chi connectivity index (χ1v) is 15.4. The van der Waals surface area contributed by atoms with Crippen molar-refractivity contribution in [1.82, 2.24) is 0 Å². The minimum absolute atomic E-state index is 0.405. The molecule has 0 amide bonds. The normalized spacial score (nSPS) is 19.2. The van der Waals surface area contributed by atoms with E-state index in [1.807, 2.05) is 11.3 Å². The van der Waals surface area contributed by atoms with Gasteiger partial charge >= 0.3 is 0 Å². The van der Waals surface area contributed by atoms with E-state index < -0.39 is 0 Å². The van der Waals surface area contributed by atoms with E-state index in [1.54, 1.807) is 0 Å². The monoisotopic (exact) mass is 538 g/mol. The molecule has 0 saturated carbocycles. The highest BCUT2D eigenvalue weighted by molar-refractivity contribution is 7.26. The highest BCUT2D eigenvalue weighted by atomic mass is 32.1. The Labute approximate surface area is 243 Å². The Morgan fingerprint density at radius 2 is 1.65 bits per heavy atom. The Bertz CT molecular complexity index is 1790. The summed E-state index contributed by atoms with van der Waals surface area (Å²) in [6, 6.07) is 22.7. The largest absolute Gasteiger partial charge is 0.135 e. The predicted molar refractivity (Wildman–Crippen MR) is 179 cm³/mol. The van der Waals surface area contributed by atoms with Gasteiger partial charge in [0.15, 0.2) is 0 Å². The number of thiophene rings is 1. The van der Waals surface area contributed by atoms with Crippen LogP contribution in [-0.4, -0.2) is 0 Å². The van der Waals surface area contributed by atoms with Gasteiger partial charge in [-0.1, -0.05) is 115 Å². The van der Waals surface area contributed by atoms with Gasteiger partial charge < -0.3 is 0 Å². The van der Waals surface area contributed by atoms with Crippen LogP contribution in [0.1, 0.15) is 58.6 Å². The molecule has 4 aromatic rings. The Balaban J connectivity index is 1.63. The maximum Gasteiger partial charge on any atom is 0.0434 e. The molecular formula is C39H38S. The lowest BCUT2D eigenvalue weighted by Crippen LogP contribution is -2.11. The topological polar surface area (TPSA) is 0 Å². The summed E-state index contributed by atoms with van der Waals surface area (Å²) in [5.74, 6) is 0.931. The van der Waals surface area contributed by atoms with Crippen molar-refractivity contribution in [3.63, 3.8) is 0 Å². The second kappa shape index (κ2) is 11.1. The van der Waals surface area contributed by atoms with Crippen LogP contribution in [0.3, 0.4) is 0 Å². The van der Waals surface area contributed by atoms with E-state index in [1.165, 1.54) is 70.3 Å². The van der Waals surface area contributed by atoms with Crippen molar-refractivity contribution in [1.29, 1.82) is 0 Å². The molecule has 0 spiro atoms. The van der Waals surface area contributed by atoms with Crippen molar-refractivity contribution in [3.8, 4) is 11.1 Å². The molecule has 0 N–H and O–H groups in total. The minimum atomic E-state index is 0.405. The number of benzene rings is 3. The number of hydrogen-bond acceptors (Lipinski definition) is 1. The first kappa shape index (κ1) is 26.5. The summed E-state index contributed by atoms with van der Waals surface area (Å²) >= 11 is 1.92. The number of fused-ring (bicyclic) bond motifs is 3. The fraction of sp³-hybridized carbons (Fsp3) is 0.231. The summed E-state index contributed by atoms with van der Waals surface area (Å²) in [6.45, 7) is 11.3. The summed E-state index contributed by atoms with van der Waals surface area (Å²) < 4.78 is 2.73. The Morgan fingerprint density at radius 1 is 0.900 bits per heavy atom. The fourth-order valence-corrected chi connectivity index (χ4v) is 7.86. The highest BCUT2D eigenvalue weighted by Crippen LogP contribution is 2.46. The molecule has 0 bridgehead atoms. The number of rotatable bonds is 5. The summed E-state index contributed by atoms with van der Waals surface area (Å²) in [7, 11) is 0. The molecule has 1 heterocycles. The average Bonchev–Trinajstić information content (AvgIpc) is 3.35. The molecule has 6 rings (SSSR count). The lowest BCUT2D eigenvalue weighted by Gasteiger charge is -2.28.